The molecule has 15 heteroatoms. The summed E-state index contributed by atoms with van der Waals surface area (Å²) in [6.45, 7) is 9.62. The summed E-state index contributed by atoms with van der Waals surface area (Å²) in [5.41, 5.74) is 15.0. The van der Waals surface area contributed by atoms with Crippen molar-refractivity contribution < 1.29 is 14.7 Å². The number of piperidine rings is 2. The predicted octanol–water partition coefficient (Wildman–Crippen LogP) is 7.63. The summed E-state index contributed by atoms with van der Waals surface area (Å²) in [5, 5.41) is 32.9. The van der Waals surface area contributed by atoms with Crippen molar-refractivity contribution in [3.05, 3.63) is 78.1 Å². The number of nitrogens with zero attached hydrogens (tertiary/aromatic N) is 10. The molecule has 8 heterocycles. The van der Waals surface area contributed by atoms with E-state index in [1.165, 1.54) is 50.0 Å². The minimum atomic E-state index is -0.374. The van der Waals surface area contributed by atoms with Crippen LogP contribution in [0.5, 0.6) is 5.75 Å². The fourth-order valence-corrected chi connectivity index (χ4v) is 12.7. The minimum Gasteiger partial charge on any atom is -0.507 e. The van der Waals surface area contributed by atoms with Gasteiger partial charge in [-0.1, -0.05) is 19.1 Å². The maximum atomic E-state index is 12.6. The summed E-state index contributed by atoms with van der Waals surface area (Å²) in [5.74, 6) is 1.00. The van der Waals surface area contributed by atoms with Crippen LogP contribution in [0.15, 0.2) is 67.0 Å². The maximum absolute atomic E-state index is 12.6. The van der Waals surface area contributed by atoms with Crippen molar-refractivity contribution in [1.82, 2.24) is 30.0 Å². The number of aromatic nitrogens is 4. The number of fused-ring (bicyclic) bond motifs is 3. The SMILES string of the molecule is CCc1cn(C2CCC3(CC2)CCN(CC2CCN(c4cc(N5C6CCC5CN(c5cc(-c7ccccc7O)nnc5N)C6)ccc4C#N)CC2)CC3)c2ncc(N3CCC(=O)NC3=O)cc12. The molecule has 6 aliphatic rings. The molecule has 1 saturated carbocycles. The molecule has 3 amide bonds. The van der Waals surface area contributed by atoms with Crippen LogP contribution in [0.1, 0.15) is 94.7 Å². The third kappa shape index (κ3) is 8.17. The number of nitrogen functional groups attached to an aromatic ring is 1. The first-order valence-electron chi connectivity index (χ1n) is 24.7. The lowest BCUT2D eigenvalue weighted by Crippen LogP contribution is -2.54. The molecule has 1 spiro atoms. The number of nitrogens with two attached hydrogens (primary N) is 1. The van der Waals surface area contributed by atoms with Gasteiger partial charge in [0.2, 0.25) is 5.91 Å². The number of anilines is 5. The highest BCUT2D eigenvalue weighted by atomic mass is 16.3. The number of aromatic hydroxyl groups is 1. The Bertz CT molecular complexity index is 2710. The van der Waals surface area contributed by atoms with Crippen LogP contribution in [0.25, 0.3) is 22.3 Å². The van der Waals surface area contributed by atoms with Gasteiger partial charge in [0.1, 0.15) is 17.5 Å². The van der Waals surface area contributed by atoms with E-state index < -0.39 is 0 Å². The zero-order chi connectivity index (χ0) is 45.8. The number of para-hydroxylation sites is 1. The van der Waals surface area contributed by atoms with Crippen molar-refractivity contribution in [2.45, 2.75) is 102 Å². The number of phenolic OH excluding ortho intramolecular Hbond substituents is 1. The lowest BCUT2D eigenvalue weighted by molar-refractivity contribution is -0.120. The first-order valence-corrected chi connectivity index (χ1v) is 24.7. The Morgan fingerprint density at radius 3 is 2.31 bits per heavy atom. The number of carbonyl (C=O) groups excluding carboxylic acids is 2. The predicted molar refractivity (Wildman–Crippen MR) is 261 cm³/mol. The molecule has 5 aromatic rings. The Labute approximate surface area is 392 Å². The van der Waals surface area contributed by atoms with E-state index in [4.69, 9.17) is 10.7 Å². The number of rotatable bonds is 9. The number of phenols is 1. The molecule has 348 valence electrons. The number of nitrogens with one attached hydrogen (secondary N) is 1. The van der Waals surface area contributed by atoms with Gasteiger partial charge in [-0.2, -0.15) is 5.26 Å². The Kier molecular flexibility index (Phi) is 11.4. The molecule has 5 aliphatic heterocycles. The Hall–Kier alpha value is -6.40. The van der Waals surface area contributed by atoms with Crippen LogP contribution < -0.4 is 30.7 Å². The fraction of sp³-hybridized carbons (Fsp3) is 0.500. The van der Waals surface area contributed by atoms with Gasteiger partial charge >= 0.3 is 6.03 Å². The first-order chi connectivity index (χ1) is 32.7. The highest BCUT2D eigenvalue weighted by molar-refractivity contribution is 6.06. The van der Waals surface area contributed by atoms with E-state index in [1.807, 2.05) is 24.3 Å². The second kappa shape index (κ2) is 17.7. The lowest BCUT2D eigenvalue weighted by Gasteiger charge is -2.47. The van der Waals surface area contributed by atoms with Crippen LogP contribution in [0.3, 0.4) is 0 Å². The van der Waals surface area contributed by atoms with Crippen molar-refractivity contribution in [3.8, 4) is 23.1 Å². The molecular formula is C52H62N12O3. The van der Waals surface area contributed by atoms with Crippen LogP contribution in [-0.2, 0) is 11.2 Å². The zero-order valence-corrected chi connectivity index (χ0v) is 38.6. The van der Waals surface area contributed by atoms with Gasteiger partial charge in [0.05, 0.1) is 34.5 Å². The summed E-state index contributed by atoms with van der Waals surface area (Å²) < 4.78 is 2.42. The average Bonchev–Trinajstić information content (AvgIpc) is 3.85. The molecule has 4 N–H and O–H groups in total. The monoisotopic (exact) mass is 903 g/mol. The standard InChI is InChI=1S/C52H62N12O3/c1-2-35-31-63(50-43(35)25-41(29-55-50)62-22-15-48(66)56-51(62)67)37-11-16-52(17-12-37)18-23-59(24-19-52)30-34-13-20-60(21-14-34)45-26-38(8-7-36(45)28-53)64-39-9-10-40(64)33-61(32-39)46-27-44(57-58-49(46)54)42-5-3-4-6-47(42)65/h3-8,25-27,29,31,34,37,39-40,65H,2,9-24,30,32-33H2,1H3,(H2,54,58)(H,56,66,67). The van der Waals surface area contributed by atoms with Gasteiger partial charge in [0.15, 0.2) is 5.82 Å². The number of piperazine rings is 1. The van der Waals surface area contributed by atoms with Crippen molar-refractivity contribution in [2.24, 2.45) is 11.3 Å². The van der Waals surface area contributed by atoms with Crippen LogP contribution in [0, 0.1) is 22.7 Å². The van der Waals surface area contributed by atoms with Gasteiger partial charge in [-0.05, 0) is 143 Å². The zero-order valence-electron chi connectivity index (χ0n) is 38.6. The summed E-state index contributed by atoms with van der Waals surface area (Å²) in [7, 11) is 0. The number of hydrogen-bond donors (Lipinski definition) is 3. The molecule has 2 aromatic carbocycles. The highest BCUT2D eigenvalue weighted by Crippen LogP contribution is 2.49. The number of pyridine rings is 1. The lowest BCUT2D eigenvalue weighted by atomic mass is 9.67. The summed E-state index contributed by atoms with van der Waals surface area (Å²) in [6.07, 6.45) is 17.1. The number of urea groups is 1. The van der Waals surface area contributed by atoms with Crippen LogP contribution in [0.4, 0.5) is 33.4 Å². The molecule has 2 bridgehead atoms. The molecule has 15 nitrogen and oxygen atoms in total. The Morgan fingerprint density at radius 2 is 1.60 bits per heavy atom. The van der Waals surface area contributed by atoms with E-state index in [0.29, 0.717) is 59.5 Å². The Balaban J connectivity index is 0.680. The molecule has 1 aliphatic carbocycles. The van der Waals surface area contributed by atoms with Gasteiger partial charge in [0, 0.05) is 86.6 Å². The number of nitriles is 1. The maximum Gasteiger partial charge on any atom is 0.328 e. The summed E-state index contributed by atoms with van der Waals surface area (Å²) in [6, 6.07) is 20.9. The topological polar surface area (TPSA) is 176 Å². The molecule has 0 radical (unpaired) electrons. The molecular weight excluding hydrogens is 841 g/mol. The molecule has 6 fully saturated rings. The van der Waals surface area contributed by atoms with E-state index in [9.17, 15) is 20.0 Å². The number of amides is 3. The number of imide groups is 1. The number of aryl methyl sites for hydroxylation is 1. The number of likely N-dealkylation sites (tertiary alicyclic amines) is 1. The van der Waals surface area contributed by atoms with E-state index in [0.717, 1.165) is 111 Å². The second-order valence-electron chi connectivity index (χ2n) is 20.2. The van der Waals surface area contributed by atoms with Gasteiger partial charge in [-0.15, -0.1) is 10.2 Å². The Morgan fingerprint density at radius 1 is 0.836 bits per heavy atom. The van der Waals surface area contributed by atoms with Gasteiger partial charge < -0.3 is 35.0 Å². The van der Waals surface area contributed by atoms with Gasteiger partial charge in [-0.25, -0.2) is 9.78 Å². The van der Waals surface area contributed by atoms with Crippen molar-refractivity contribution in [2.75, 3.05) is 77.7 Å². The molecule has 2 unspecified atom stereocenters. The smallest absolute Gasteiger partial charge is 0.328 e. The fourth-order valence-electron chi connectivity index (χ4n) is 12.7. The largest absolute Gasteiger partial charge is 0.507 e. The van der Waals surface area contributed by atoms with Gasteiger partial charge in [-0.3, -0.25) is 15.0 Å². The van der Waals surface area contributed by atoms with Gasteiger partial charge in [0.25, 0.3) is 0 Å². The van der Waals surface area contributed by atoms with Crippen LogP contribution in [0.2, 0.25) is 0 Å². The minimum absolute atomic E-state index is 0.169. The normalized spacial score (nSPS) is 22.7. The average molecular weight is 903 g/mol. The highest BCUT2D eigenvalue weighted by Gasteiger charge is 2.42. The van der Waals surface area contributed by atoms with E-state index in [-0.39, 0.29) is 17.7 Å². The number of carbonyl (C=O) groups is 2. The molecule has 5 saturated heterocycles. The first kappa shape index (κ1) is 43.2. The van der Waals surface area contributed by atoms with Crippen LogP contribution in [-0.4, -0.2) is 106 Å². The molecule has 67 heavy (non-hydrogen) atoms. The van der Waals surface area contributed by atoms with Crippen LogP contribution >= 0.6 is 0 Å². The molecule has 3 aromatic heterocycles. The van der Waals surface area contributed by atoms with Crippen molar-refractivity contribution >= 4 is 51.5 Å². The summed E-state index contributed by atoms with van der Waals surface area (Å²) >= 11 is 0. The summed E-state index contributed by atoms with van der Waals surface area (Å²) in [4.78, 5) is 41.0. The van der Waals surface area contributed by atoms with E-state index in [1.54, 1.807) is 23.2 Å². The van der Waals surface area contributed by atoms with Crippen molar-refractivity contribution in [1.29, 1.82) is 5.26 Å². The molecule has 2 atom stereocenters. The number of benzene rings is 2. The molecule has 11 rings (SSSR count). The second-order valence-corrected chi connectivity index (χ2v) is 20.2. The number of hydrogen-bond acceptors (Lipinski definition) is 12. The van der Waals surface area contributed by atoms with E-state index >= 15 is 0 Å². The quantitative estimate of drug-likeness (QED) is 0.132. The van der Waals surface area contributed by atoms with E-state index in [2.05, 4.69) is 77.1 Å². The third-order valence-corrected chi connectivity index (χ3v) is 16.5. The third-order valence-electron chi connectivity index (χ3n) is 16.5. The van der Waals surface area contributed by atoms with Crippen molar-refractivity contribution in [3.63, 3.8) is 0 Å².